The quantitative estimate of drug-likeness (QED) is 0.903. The maximum Gasteiger partial charge on any atom is 0.0940 e. The van der Waals surface area contributed by atoms with Crippen LogP contribution in [0.5, 0.6) is 0 Å². The molecule has 18 heavy (non-hydrogen) atoms. The van der Waals surface area contributed by atoms with E-state index >= 15 is 0 Å². The molecule has 3 rings (SSSR count). The Balaban J connectivity index is 1.53. The third-order valence-electron chi connectivity index (χ3n) is 4.30. The molecule has 1 atom stereocenters. The smallest absolute Gasteiger partial charge is 0.0940 e. The Morgan fingerprint density at radius 2 is 2.39 bits per heavy atom. The average molecular weight is 265 g/mol. The lowest BCUT2D eigenvalue weighted by molar-refractivity contribution is 0.128. The fraction of sp³-hybridized carbons (Fsp3) is 0.786. The van der Waals surface area contributed by atoms with Gasteiger partial charge in [0.15, 0.2) is 0 Å². The van der Waals surface area contributed by atoms with Crippen LogP contribution in [0.25, 0.3) is 0 Å². The Hall–Kier alpha value is -0.450. The van der Waals surface area contributed by atoms with Gasteiger partial charge in [-0.2, -0.15) is 0 Å². The zero-order chi connectivity index (χ0) is 12.6. The Kier molecular flexibility index (Phi) is 3.43. The summed E-state index contributed by atoms with van der Waals surface area (Å²) < 4.78 is 0. The maximum atomic E-state index is 4.56. The number of aryl methyl sites for hydroxylation is 1. The molecular formula is C14H23N3S. The zero-order valence-corrected chi connectivity index (χ0v) is 12.2. The van der Waals surface area contributed by atoms with Crippen molar-refractivity contribution in [3.05, 3.63) is 16.1 Å². The molecule has 1 aliphatic heterocycles. The summed E-state index contributed by atoms with van der Waals surface area (Å²) in [5.74, 6) is 0.919. The van der Waals surface area contributed by atoms with Crippen molar-refractivity contribution in [3.8, 4) is 0 Å². The van der Waals surface area contributed by atoms with Crippen LogP contribution in [0.1, 0.15) is 30.5 Å². The first kappa shape index (κ1) is 12.6. The first-order valence-corrected chi connectivity index (χ1v) is 7.92. The van der Waals surface area contributed by atoms with Crippen molar-refractivity contribution in [2.75, 3.05) is 26.2 Å². The number of piperazine rings is 1. The molecule has 0 aromatic carbocycles. The normalized spacial score (nSPS) is 29.7. The summed E-state index contributed by atoms with van der Waals surface area (Å²) in [5.41, 5.74) is 1.54. The van der Waals surface area contributed by atoms with Gasteiger partial charge in [-0.25, -0.2) is 4.98 Å². The van der Waals surface area contributed by atoms with E-state index in [1.165, 1.54) is 30.9 Å². The lowest BCUT2D eigenvalue weighted by Gasteiger charge is -2.42. The second-order valence-corrected chi connectivity index (χ2v) is 6.97. The molecule has 0 spiro atoms. The number of hydrogen-bond acceptors (Lipinski definition) is 4. The fourth-order valence-electron chi connectivity index (χ4n) is 3.06. The van der Waals surface area contributed by atoms with Gasteiger partial charge >= 0.3 is 0 Å². The van der Waals surface area contributed by atoms with Crippen LogP contribution in [0.3, 0.4) is 0 Å². The van der Waals surface area contributed by atoms with E-state index in [9.17, 15) is 0 Å². The van der Waals surface area contributed by atoms with E-state index in [0.717, 1.165) is 31.1 Å². The largest absolute Gasteiger partial charge is 0.309 e. The molecule has 1 N–H and O–H groups in total. The minimum absolute atomic E-state index is 0.372. The van der Waals surface area contributed by atoms with E-state index in [1.54, 1.807) is 11.3 Å². The van der Waals surface area contributed by atoms with Gasteiger partial charge in [-0.05, 0) is 32.6 Å². The third-order valence-corrected chi connectivity index (χ3v) is 5.32. The highest BCUT2D eigenvalue weighted by atomic mass is 32.1. The van der Waals surface area contributed by atoms with Crippen molar-refractivity contribution in [2.24, 2.45) is 5.92 Å². The van der Waals surface area contributed by atoms with Crippen LogP contribution in [0.4, 0.5) is 0 Å². The molecule has 1 saturated carbocycles. The summed E-state index contributed by atoms with van der Waals surface area (Å²) in [7, 11) is 0. The monoisotopic (exact) mass is 265 g/mol. The molecule has 0 radical (unpaired) electrons. The topological polar surface area (TPSA) is 28.2 Å². The number of nitrogens with one attached hydrogen (secondary N) is 1. The minimum Gasteiger partial charge on any atom is -0.309 e. The number of rotatable bonds is 4. The van der Waals surface area contributed by atoms with Gasteiger partial charge in [-0.1, -0.05) is 0 Å². The van der Waals surface area contributed by atoms with Crippen LogP contribution < -0.4 is 5.32 Å². The van der Waals surface area contributed by atoms with Crippen molar-refractivity contribution in [1.82, 2.24) is 15.2 Å². The van der Waals surface area contributed by atoms with E-state index < -0.39 is 0 Å². The van der Waals surface area contributed by atoms with Gasteiger partial charge in [0.05, 0.1) is 5.01 Å². The van der Waals surface area contributed by atoms with Crippen LogP contribution >= 0.6 is 11.3 Å². The van der Waals surface area contributed by atoms with Crippen LogP contribution in [-0.2, 0) is 6.42 Å². The van der Waals surface area contributed by atoms with Gasteiger partial charge in [0.2, 0.25) is 0 Å². The second kappa shape index (κ2) is 4.91. The second-order valence-electron chi connectivity index (χ2n) is 6.03. The molecule has 1 aromatic heterocycles. The number of aromatic nitrogens is 1. The standard InChI is InChI=1S/C14H23N3S/c1-11-9-18-13(16-11)5-7-17-8-6-15-14(2,10-17)12-3-4-12/h9,12,15H,3-8,10H2,1-2H3. The summed E-state index contributed by atoms with van der Waals surface area (Å²) in [4.78, 5) is 7.17. The van der Waals surface area contributed by atoms with Gasteiger partial charge < -0.3 is 5.32 Å². The van der Waals surface area contributed by atoms with Crippen molar-refractivity contribution < 1.29 is 0 Å². The first-order valence-electron chi connectivity index (χ1n) is 7.04. The van der Waals surface area contributed by atoms with Gasteiger partial charge in [-0.3, -0.25) is 4.90 Å². The minimum atomic E-state index is 0.372. The van der Waals surface area contributed by atoms with E-state index in [-0.39, 0.29) is 0 Å². The summed E-state index contributed by atoms with van der Waals surface area (Å²) >= 11 is 1.80. The molecule has 100 valence electrons. The van der Waals surface area contributed by atoms with Crippen LogP contribution in [-0.4, -0.2) is 41.6 Å². The highest BCUT2D eigenvalue weighted by Gasteiger charge is 2.43. The first-order chi connectivity index (χ1) is 8.66. The predicted molar refractivity (Wildman–Crippen MR) is 76.1 cm³/mol. The Morgan fingerprint density at radius 1 is 1.56 bits per heavy atom. The Bertz CT molecular complexity index is 413. The molecule has 1 aliphatic carbocycles. The van der Waals surface area contributed by atoms with Gasteiger partial charge in [0.25, 0.3) is 0 Å². The third kappa shape index (κ3) is 2.76. The number of thiazole rings is 1. The lowest BCUT2D eigenvalue weighted by atomic mass is 9.93. The highest BCUT2D eigenvalue weighted by Crippen LogP contribution is 2.40. The number of hydrogen-bond donors (Lipinski definition) is 1. The molecule has 2 fully saturated rings. The molecule has 0 amide bonds. The summed E-state index contributed by atoms with van der Waals surface area (Å²) in [6.45, 7) is 9.19. The molecule has 3 nitrogen and oxygen atoms in total. The van der Waals surface area contributed by atoms with Crippen molar-refractivity contribution in [1.29, 1.82) is 0 Å². The highest BCUT2D eigenvalue weighted by molar-refractivity contribution is 7.09. The lowest BCUT2D eigenvalue weighted by Crippen LogP contribution is -2.60. The van der Waals surface area contributed by atoms with Crippen LogP contribution in [0.15, 0.2) is 5.38 Å². The Morgan fingerprint density at radius 3 is 3.06 bits per heavy atom. The molecule has 2 heterocycles. The van der Waals surface area contributed by atoms with Crippen molar-refractivity contribution in [3.63, 3.8) is 0 Å². The molecular weight excluding hydrogens is 242 g/mol. The summed E-state index contributed by atoms with van der Waals surface area (Å²) in [5, 5.41) is 7.18. The molecule has 1 unspecified atom stereocenters. The van der Waals surface area contributed by atoms with E-state index in [0.29, 0.717) is 5.54 Å². The SMILES string of the molecule is Cc1csc(CCN2CCNC(C)(C3CC3)C2)n1. The van der Waals surface area contributed by atoms with Gasteiger partial charge in [0.1, 0.15) is 0 Å². The molecule has 0 bridgehead atoms. The van der Waals surface area contributed by atoms with Gasteiger partial charge in [0, 0.05) is 49.2 Å². The molecule has 1 aromatic rings. The van der Waals surface area contributed by atoms with Gasteiger partial charge in [-0.15, -0.1) is 11.3 Å². The van der Waals surface area contributed by atoms with E-state index in [4.69, 9.17) is 0 Å². The van der Waals surface area contributed by atoms with Crippen molar-refractivity contribution in [2.45, 2.75) is 38.6 Å². The molecule has 4 heteroatoms. The Labute approximate surface area is 114 Å². The van der Waals surface area contributed by atoms with Crippen molar-refractivity contribution >= 4 is 11.3 Å². The van der Waals surface area contributed by atoms with Crippen LogP contribution in [0, 0.1) is 12.8 Å². The maximum absolute atomic E-state index is 4.56. The zero-order valence-electron chi connectivity index (χ0n) is 11.4. The summed E-state index contributed by atoms with van der Waals surface area (Å²) in [6, 6.07) is 0. The average Bonchev–Trinajstić information content (AvgIpc) is 3.12. The number of nitrogens with zero attached hydrogens (tertiary/aromatic N) is 2. The molecule has 2 aliphatic rings. The molecule has 1 saturated heterocycles. The predicted octanol–water partition coefficient (Wildman–Crippen LogP) is 2.07. The van der Waals surface area contributed by atoms with E-state index in [1.807, 2.05) is 0 Å². The van der Waals surface area contributed by atoms with Crippen LogP contribution in [0.2, 0.25) is 0 Å². The van der Waals surface area contributed by atoms with E-state index in [2.05, 4.69) is 34.4 Å². The summed E-state index contributed by atoms with van der Waals surface area (Å²) in [6.07, 6.45) is 3.95. The fourth-order valence-corrected chi connectivity index (χ4v) is 3.82.